The number of hydrogen-bond acceptors (Lipinski definition) is 10. The number of carboxylic acid groups (broad SMARTS) is 1. The summed E-state index contributed by atoms with van der Waals surface area (Å²) in [5, 5.41) is 19.1. The average Bonchev–Trinajstić information content (AvgIpc) is 1.48. The van der Waals surface area contributed by atoms with Gasteiger partial charge in [-0.15, -0.1) is 12.4 Å². The number of ether oxygens (including phenoxy) is 2. The number of amides is 4. The zero-order chi connectivity index (χ0) is 62.8. The highest BCUT2D eigenvalue weighted by Gasteiger charge is 2.79. The van der Waals surface area contributed by atoms with E-state index in [0.717, 1.165) is 12.8 Å². The van der Waals surface area contributed by atoms with Gasteiger partial charge in [-0.1, -0.05) is 82.8 Å². The van der Waals surface area contributed by atoms with Crippen LogP contribution in [0.5, 0.6) is 0 Å². The molecule has 10 atom stereocenters. The molecule has 15 nitrogen and oxygen atoms in total. The molecular formula is C62H67Cl5F6N6O9. The summed E-state index contributed by atoms with van der Waals surface area (Å²) in [5.41, 5.74) is 9.62. The fourth-order valence-electron chi connectivity index (χ4n) is 16.4. The third kappa shape index (κ3) is 11.4. The topological polar surface area (TPSA) is 255 Å². The maximum Gasteiger partial charge on any atom is 0.321 e. The van der Waals surface area contributed by atoms with E-state index >= 15 is 8.78 Å². The summed E-state index contributed by atoms with van der Waals surface area (Å²) in [6.07, 6.45) is 3.20. The number of ketones is 1. The van der Waals surface area contributed by atoms with Gasteiger partial charge in [-0.3, -0.25) is 51.6 Å². The maximum absolute atomic E-state index is 16.0. The summed E-state index contributed by atoms with van der Waals surface area (Å²) in [7, 11) is 0. The number of rotatable bonds is 14. The summed E-state index contributed by atoms with van der Waals surface area (Å²) in [6, 6.07) is 17.0. The molecule has 3 aliphatic carbocycles. The minimum Gasteiger partial charge on any atom is -0.480 e. The molecule has 0 aromatic heterocycles. The Bertz CT molecular complexity index is 3370. The second-order valence-electron chi connectivity index (χ2n) is 25.2. The van der Waals surface area contributed by atoms with Gasteiger partial charge in [0.15, 0.2) is 0 Å². The minimum atomic E-state index is -1.66. The number of hydrogen-bond donors (Lipinski definition) is 7. The molecule has 5 heterocycles. The van der Waals surface area contributed by atoms with E-state index in [-0.39, 0.29) is 121 Å². The molecule has 26 heteroatoms. The number of primary amides is 2. The van der Waals surface area contributed by atoms with Crippen LogP contribution in [0.2, 0.25) is 20.1 Å². The largest absolute Gasteiger partial charge is 0.480 e. The summed E-state index contributed by atoms with van der Waals surface area (Å²) in [4.78, 5) is 76.6. The van der Waals surface area contributed by atoms with Crippen molar-refractivity contribution in [3.8, 4) is 0 Å². The first-order valence-electron chi connectivity index (χ1n) is 28.8. The first-order chi connectivity index (χ1) is 41.3. The Hall–Kier alpha value is -5.23. The number of Topliss-reactive ketones (excluding diaryl/α,β-unsaturated/α-hetero) is 1. The van der Waals surface area contributed by atoms with Gasteiger partial charge < -0.3 is 42.4 Å². The number of carbonyl (C=O) groups is 6. The van der Waals surface area contributed by atoms with Crippen molar-refractivity contribution in [2.24, 2.45) is 45.3 Å². The lowest BCUT2D eigenvalue weighted by Crippen LogP contribution is -2.70. The molecule has 88 heavy (non-hydrogen) atoms. The standard InChI is InChI=1S/C32H33Cl2F3N2O4.C23H19Cl2F3N2O3.C7H14N2O2.ClH/c33-18-5-7-22-24(9-18)39-29(42)32(22)27(20-2-1-3-23(34)28(20)37)21(11-31(32)13-30(14-31,15-35)16-36)25(40)8-17-4-6-19(43-12-17)10-26(38)41;24-11-4-5-13-15(6-11)29-20(33)23(13)16(12-2-1-3-14(25)17(12)28)18(19(31)32)30-22(23)7-21(8-22,9-26)10-27;8-5-1-2-6(11-4-5)3-7(9)10;/h1-3,5,7,9,17,19,21,27H,4,6,8,10-16H2,(H2,38,41)(H,39,42);1-6,16,18,30H,7-10H2,(H,29,33)(H,31,32);5-6H,1-4,8H2,(H2,9,10);1H/t17-,19-,21-,27-,32+;16-,18+,23+;5-,6+;/m001./s1. The van der Waals surface area contributed by atoms with E-state index in [4.69, 9.17) is 73.1 Å². The van der Waals surface area contributed by atoms with Gasteiger partial charge in [0, 0.05) is 68.0 Å². The molecule has 4 spiro atoms. The number of nitrogens with two attached hydrogens (primary N) is 3. The molecule has 12 rings (SSSR count). The van der Waals surface area contributed by atoms with E-state index in [1.165, 1.54) is 30.3 Å². The third-order valence-electron chi connectivity index (χ3n) is 19.8. The van der Waals surface area contributed by atoms with E-state index in [2.05, 4.69) is 16.0 Å². The van der Waals surface area contributed by atoms with Crippen molar-refractivity contribution in [1.29, 1.82) is 0 Å². The normalized spacial score (nSPS) is 29.4. The van der Waals surface area contributed by atoms with Crippen molar-refractivity contribution < 1.29 is 69.7 Å². The van der Waals surface area contributed by atoms with E-state index < -0.39 is 118 Å². The van der Waals surface area contributed by atoms with Crippen molar-refractivity contribution in [3.63, 3.8) is 0 Å². The van der Waals surface area contributed by atoms with Crippen molar-refractivity contribution in [1.82, 2.24) is 5.32 Å². The second-order valence-corrected chi connectivity index (χ2v) is 26.9. The van der Waals surface area contributed by atoms with Crippen molar-refractivity contribution in [2.75, 3.05) is 50.5 Å². The molecule has 476 valence electrons. The predicted octanol–water partition coefficient (Wildman–Crippen LogP) is 10.9. The smallest absolute Gasteiger partial charge is 0.321 e. The van der Waals surface area contributed by atoms with Crippen LogP contribution in [0.3, 0.4) is 0 Å². The van der Waals surface area contributed by atoms with Crippen LogP contribution in [-0.4, -0.2) is 110 Å². The monoisotopic (exact) mass is 1330 g/mol. The molecule has 8 aliphatic rings. The Morgan fingerprint density at radius 1 is 0.625 bits per heavy atom. The van der Waals surface area contributed by atoms with Gasteiger partial charge in [-0.25, -0.2) is 8.78 Å². The Morgan fingerprint density at radius 2 is 1.10 bits per heavy atom. The number of anilines is 2. The summed E-state index contributed by atoms with van der Waals surface area (Å²) < 4.78 is 98.8. The van der Waals surface area contributed by atoms with E-state index in [1.54, 1.807) is 42.5 Å². The van der Waals surface area contributed by atoms with Crippen LogP contribution in [0, 0.1) is 39.7 Å². The van der Waals surface area contributed by atoms with Crippen LogP contribution in [0.4, 0.5) is 37.7 Å². The van der Waals surface area contributed by atoms with Crippen molar-refractivity contribution >= 4 is 106 Å². The molecule has 0 bridgehead atoms. The fraction of sp³-hybridized carbons (Fsp3) is 0.516. The molecule has 0 unspecified atom stereocenters. The number of carboxylic acids is 1. The van der Waals surface area contributed by atoms with Gasteiger partial charge in [0.05, 0.1) is 80.4 Å². The molecule has 0 radical (unpaired) electrons. The highest BCUT2D eigenvalue weighted by Crippen LogP contribution is 2.77. The van der Waals surface area contributed by atoms with E-state index in [9.17, 15) is 51.4 Å². The summed E-state index contributed by atoms with van der Waals surface area (Å²) in [6.45, 7) is -2.93. The predicted molar refractivity (Wildman–Crippen MR) is 321 cm³/mol. The summed E-state index contributed by atoms with van der Waals surface area (Å²) >= 11 is 24.7. The summed E-state index contributed by atoms with van der Waals surface area (Å²) in [5.74, 6) is -8.03. The van der Waals surface area contributed by atoms with Crippen LogP contribution >= 0.6 is 58.8 Å². The molecule has 4 aromatic rings. The zero-order valence-electron chi connectivity index (χ0n) is 47.4. The number of carbonyl (C=O) groups excluding carboxylic acids is 5. The number of fused-ring (bicyclic) bond motifs is 6. The Balaban J connectivity index is 0.000000181. The van der Waals surface area contributed by atoms with Gasteiger partial charge in [-0.05, 0) is 128 Å². The zero-order valence-corrected chi connectivity index (χ0v) is 51.2. The van der Waals surface area contributed by atoms with Crippen LogP contribution in [0.25, 0.3) is 0 Å². The Labute approximate surface area is 529 Å². The minimum absolute atomic E-state index is 0. The second kappa shape index (κ2) is 25.8. The molecule has 6 fully saturated rings. The van der Waals surface area contributed by atoms with E-state index in [0.29, 0.717) is 58.4 Å². The van der Waals surface area contributed by atoms with Gasteiger partial charge in [-0.2, -0.15) is 0 Å². The van der Waals surface area contributed by atoms with Crippen LogP contribution < -0.4 is 33.2 Å². The Morgan fingerprint density at radius 3 is 1.57 bits per heavy atom. The van der Waals surface area contributed by atoms with Gasteiger partial charge >= 0.3 is 5.97 Å². The first kappa shape index (κ1) is 67.2. The number of aliphatic carboxylic acids is 1. The molecule has 4 amide bonds. The number of alkyl halides is 4. The molecule has 3 saturated carbocycles. The average molecular weight is 1330 g/mol. The quantitative estimate of drug-likeness (QED) is 0.0584. The number of halogens is 11. The highest BCUT2D eigenvalue weighted by molar-refractivity contribution is 6.32. The first-order valence-corrected chi connectivity index (χ1v) is 30.3. The molecule has 4 aromatic carbocycles. The molecule has 5 aliphatic heterocycles. The molecular weight excluding hydrogens is 1260 g/mol. The SMILES string of the molecule is Cl.NC(=O)C[C@@H]1CC[C@@H](CC(=O)[C@@H]2CC3(CC(CF)(CF)C3)[C@@]3(C(=O)Nc4cc(Cl)ccc43)[C@H]2c2cccc(Cl)c2F)CO1.NC(=O)C[C@@H]1CC[C@@H](N)CO1.O=C(O)[C@@H]1NC2(CC(CF)(CF)C2)[C@@]2(C(=O)Nc3cc(Cl)ccc32)[C@H]1c1cccc(Cl)c1F. The molecule has 10 N–H and O–H groups in total. The van der Waals surface area contributed by atoms with E-state index in [1.807, 2.05) is 0 Å². The maximum atomic E-state index is 16.0. The molecule has 3 saturated heterocycles. The van der Waals surface area contributed by atoms with Crippen LogP contribution in [-0.2, 0) is 49.1 Å². The van der Waals surface area contributed by atoms with Gasteiger partial charge in [0.25, 0.3) is 0 Å². The lowest BCUT2D eigenvalue weighted by Gasteiger charge is -2.59. The van der Waals surface area contributed by atoms with Gasteiger partial charge in [0.2, 0.25) is 23.6 Å². The lowest BCUT2D eigenvalue weighted by molar-refractivity contribution is -0.143. The van der Waals surface area contributed by atoms with Crippen LogP contribution in [0.1, 0.15) is 111 Å². The van der Waals surface area contributed by atoms with Crippen molar-refractivity contribution in [2.45, 2.75) is 130 Å². The number of nitrogens with one attached hydrogen (secondary N) is 3. The van der Waals surface area contributed by atoms with Crippen molar-refractivity contribution in [3.05, 3.63) is 127 Å². The highest BCUT2D eigenvalue weighted by atomic mass is 35.5. The number of benzene rings is 4. The van der Waals surface area contributed by atoms with Gasteiger partial charge in [0.1, 0.15) is 28.9 Å². The third-order valence-corrected chi connectivity index (χ3v) is 20.8. The lowest BCUT2D eigenvalue weighted by atomic mass is 9.43. The fourth-order valence-corrected chi connectivity index (χ4v) is 17.1. The van der Waals surface area contributed by atoms with Crippen LogP contribution in [0.15, 0.2) is 72.8 Å². The Kier molecular flexibility index (Phi) is 19.7.